The topological polar surface area (TPSA) is 114 Å². The first kappa shape index (κ1) is 10.5. The Hall–Kier alpha value is -1.63. The molecule has 0 saturated heterocycles. The molecule has 7 heteroatoms. The summed E-state index contributed by atoms with van der Waals surface area (Å²) in [6.07, 6.45) is 0. The summed E-state index contributed by atoms with van der Waals surface area (Å²) < 4.78 is 0.430. The molecule has 0 unspecified atom stereocenters. The van der Waals surface area contributed by atoms with Crippen LogP contribution in [0.1, 0.15) is 19.5 Å². The second-order valence-electron chi connectivity index (χ2n) is 3.59. The van der Waals surface area contributed by atoms with E-state index in [4.69, 9.17) is 10.9 Å². The molecule has 0 aliphatic carbocycles. The van der Waals surface area contributed by atoms with E-state index in [9.17, 15) is 9.59 Å². The van der Waals surface area contributed by atoms with Crippen LogP contribution in [-0.2, 0) is 5.41 Å². The van der Waals surface area contributed by atoms with E-state index in [1.165, 1.54) is 0 Å². The Labute approximate surface area is 79.2 Å². The third-order valence-corrected chi connectivity index (χ3v) is 1.94. The molecule has 0 bridgehead atoms. The molecule has 7 nitrogen and oxygen atoms in total. The van der Waals surface area contributed by atoms with Gasteiger partial charge < -0.3 is 10.9 Å². The van der Waals surface area contributed by atoms with Crippen LogP contribution in [0.2, 0.25) is 0 Å². The van der Waals surface area contributed by atoms with Gasteiger partial charge in [0.15, 0.2) is 0 Å². The monoisotopic (exact) mass is 200 g/mol. The molecule has 78 valence electrons. The number of H-pyrrole nitrogens is 1. The van der Waals surface area contributed by atoms with E-state index in [-0.39, 0.29) is 12.3 Å². The summed E-state index contributed by atoms with van der Waals surface area (Å²) in [6, 6.07) is 0. The summed E-state index contributed by atoms with van der Waals surface area (Å²) >= 11 is 0. The van der Waals surface area contributed by atoms with Crippen molar-refractivity contribution in [1.29, 1.82) is 0 Å². The number of nitrogens with two attached hydrogens (primary N) is 1. The summed E-state index contributed by atoms with van der Waals surface area (Å²) in [7, 11) is 0. The quantitative estimate of drug-likeness (QED) is 0.474. The molecule has 0 spiro atoms. The number of aliphatic hydroxyl groups is 1. The Morgan fingerprint density at radius 2 is 2.14 bits per heavy atom. The molecular weight excluding hydrogens is 188 g/mol. The smallest absolute Gasteiger partial charge is 0.363 e. The number of aromatic amines is 1. The van der Waals surface area contributed by atoms with Crippen LogP contribution in [0.3, 0.4) is 0 Å². The first-order valence-corrected chi connectivity index (χ1v) is 3.98. The highest BCUT2D eigenvalue weighted by atomic mass is 16.3. The highest BCUT2D eigenvalue weighted by Crippen LogP contribution is 2.14. The minimum Gasteiger partial charge on any atom is -0.395 e. The maximum Gasteiger partial charge on any atom is 0.363 e. The number of nitrogen functional groups attached to an aromatic ring is 1. The van der Waals surface area contributed by atoms with Crippen molar-refractivity contribution >= 4 is 0 Å². The lowest BCUT2D eigenvalue weighted by Crippen LogP contribution is -2.47. The molecular formula is C7H12N4O3. The number of nitrogens with one attached hydrogen (secondary N) is 1. The third kappa shape index (κ3) is 1.53. The van der Waals surface area contributed by atoms with Gasteiger partial charge in [-0.2, -0.15) is 9.77 Å². The van der Waals surface area contributed by atoms with Crippen molar-refractivity contribution in [3.05, 3.63) is 26.5 Å². The van der Waals surface area contributed by atoms with Gasteiger partial charge in [-0.15, -0.1) is 0 Å². The molecule has 1 heterocycles. The van der Waals surface area contributed by atoms with E-state index >= 15 is 0 Å². The molecule has 1 aromatic heterocycles. The molecule has 1 aromatic rings. The van der Waals surface area contributed by atoms with E-state index in [1.807, 2.05) is 0 Å². The average molecular weight is 200 g/mol. The fourth-order valence-corrected chi connectivity index (χ4v) is 0.927. The van der Waals surface area contributed by atoms with Gasteiger partial charge in [-0.3, -0.25) is 4.79 Å². The minimum absolute atomic E-state index is 0.0297. The Morgan fingerprint density at radius 1 is 1.57 bits per heavy atom. The normalized spacial score (nSPS) is 11.6. The highest BCUT2D eigenvalue weighted by molar-refractivity contribution is 5.09. The van der Waals surface area contributed by atoms with Crippen molar-refractivity contribution in [3.63, 3.8) is 0 Å². The van der Waals surface area contributed by atoms with Gasteiger partial charge in [0.1, 0.15) is 5.69 Å². The summed E-state index contributed by atoms with van der Waals surface area (Å²) in [5.74, 6) is 5.17. The number of aromatic nitrogens is 3. The zero-order chi connectivity index (χ0) is 10.9. The Morgan fingerprint density at radius 3 is 2.64 bits per heavy atom. The van der Waals surface area contributed by atoms with Gasteiger partial charge in [-0.05, 0) is 0 Å². The molecule has 1 rings (SSSR count). The lowest BCUT2D eigenvalue weighted by atomic mass is 9.91. The molecule has 14 heavy (non-hydrogen) atoms. The number of hydrogen-bond donors (Lipinski definition) is 3. The maximum atomic E-state index is 11.4. The molecule has 4 N–H and O–H groups in total. The summed E-state index contributed by atoms with van der Waals surface area (Å²) in [5.41, 5.74) is -2.29. The van der Waals surface area contributed by atoms with Crippen molar-refractivity contribution < 1.29 is 5.11 Å². The number of hydrogen-bond acceptors (Lipinski definition) is 5. The predicted octanol–water partition coefficient (Wildman–Crippen LogP) is -2.08. The van der Waals surface area contributed by atoms with Crippen LogP contribution in [0.4, 0.5) is 0 Å². The molecule has 0 fully saturated rings. The van der Waals surface area contributed by atoms with Crippen LogP contribution in [0.25, 0.3) is 0 Å². The number of rotatable bonds is 2. The SMILES string of the molecule is CC(C)(CO)c1n[nH]c(=O)n(N)c1=O. The maximum absolute atomic E-state index is 11.4. The van der Waals surface area contributed by atoms with Crippen molar-refractivity contribution in [2.75, 3.05) is 12.4 Å². The average Bonchev–Trinajstić information content (AvgIpc) is 2.14. The summed E-state index contributed by atoms with van der Waals surface area (Å²) in [6.45, 7) is 2.98. The second kappa shape index (κ2) is 3.26. The van der Waals surface area contributed by atoms with Crippen LogP contribution in [0, 0.1) is 0 Å². The number of aliphatic hydroxyl groups excluding tert-OH is 1. The van der Waals surface area contributed by atoms with Gasteiger partial charge in [0.25, 0.3) is 5.56 Å². The Balaban J connectivity index is 3.47. The van der Waals surface area contributed by atoms with Gasteiger partial charge in [0.2, 0.25) is 0 Å². The summed E-state index contributed by atoms with van der Waals surface area (Å²) in [5, 5.41) is 14.7. The van der Waals surface area contributed by atoms with Crippen LogP contribution in [0.15, 0.2) is 9.59 Å². The van der Waals surface area contributed by atoms with Crippen molar-refractivity contribution in [2.45, 2.75) is 19.3 Å². The molecule has 0 aliphatic heterocycles. The largest absolute Gasteiger partial charge is 0.395 e. The van der Waals surface area contributed by atoms with Crippen molar-refractivity contribution in [2.24, 2.45) is 0 Å². The Kier molecular flexibility index (Phi) is 2.43. The van der Waals surface area contributed by atoms with E-state index in [1.54, 1.807) is 13.8 Å². The first-order valence-electron chi connectivity index (χ1n) is 3.98. The number of nitrogens with zero attached hydrogens (tertiary/aromatic N) is 2. The zero-order valence-corrected chi connectivity index (χ0v) is 7.94. The van der Waals surface area contributed by atoms with Crippen LogP contribution < -0.4 is 17.1 Å². The minimum atomic E-state index is -0.831. The molecule has 0 amide bonds. The van der Waals surface area contributed by atoms with E-state index in [2.05, 4.69) is 10.2 Å². The molecule has 0 atom stereocenters. The fourth-order valence-electron chi connectivity index (χ4n) is 0.927. The van der Waals surface area contributed by atoms with Gasteiger partial charge >= 0.3 is 5.69 Å². The van der Waals surface area contributed by atoms with Crippen LogP contribution in [-0.4, -0.2) is 26.6 Å². The Bertz CT molecular complexity index is 445. The molecule has 0 saturated carbocycles. The predicted molar refractivity (Wildman–Crippen MR) is 49.4 cm³/mol. The standard InChI is InChI=1S/C7H12N4O3/c1-7(2,3-12)4-5(13)11(8)6(14)10-9-4/h12H,3,8H2,1-2H3,(H,10,14). The summed E-state index contributed by atoms with van der Waals surface area (Å²) in [4.78, 5) is 22.3. The first-order chi connectivity index (χ1) is 6.40. The van der Waals surface area contributed by atoms with E-state index < -0.39 is 16.7 Å². The van der Waals surface area contributed by atoms with E-state index in [0.29, 0.717) is 4.68 Å². The highest BCUT2D eigenvalue weighted by Gasteiger charge is 2.26. The van der Waals surface area contributed by atoms with Gasteiger partial charge in [0.05, 0.1) is 6.61 Å². The van der Waals surface area contributed by atoms with Crippen molar-refractivity contribution in [1.82, 2.24) is 14.9 Å². The lowest BCUT2D eigenvalue weighted by Gasteiger charge is -2.19. The molecule has 0 aromatic carbocycles. The van der Waals surface area contributed by atoms with Gasteiger partial charge in [-0.1, -0.05) is 13.8 Å². The van der Waals surface area contributed by atoms with Crippen LogP contribution >= 0.6 is 0 Å². The van der Waals surface area contributed by atoms with Crippen molar-refractivity contribution in [3.8, 4) is 0 Å². The van der Waals surface area contributed by atoms with Gasteiger partial charge in [-0.25, -0.2) is 9.89 Å². The third-order valence-electron chi connectivity index (χ3n) is 1.94. The van der Waals surface area contributed by atoms with Crippen LogP contribution in [0.5, 0.6) is 0 Å². The van der Waals surface area contributed by atoms with Gasteiger partial charge in [0, 0.05) is 5.41 Å². The van der Waals surface area contributed by atoms with E-state index in [0.717, 1.165) is 0 Å². The molecule has 0 aliphatic rings. The molecule has 0 radical (unpaired) electrons. The zero-order valence-electron chi connectivity index (χ0n) is 7.94. The lowest BCUT2D eigenvalue weighted by molar-refractivity contribution is 0.212. The second-order valence-corrected chi connectivity index (χ2v) is 3.59. The fraction of sp³-hybridized carbons (Fsp3) is 0.571.